The van der Waals surface area contributed by atoms with Gasteiger partial charge in [0.2, 0.25) is 0 Å². The van der Waals surface area contributed by atoms with Gasteiger partial charge in [0, 0.05) is 23.5 Å². The molecule has 0 spiro atoms. The first-order valence-electron chi connectivity index (χ1n) is 6.28. The summed E-state index contributed by atoms with van der Waals surface area (Å²) < 4.78 is 0. The number of carboxylic acids is 1. The van der Waals surface area contributed by atoms with E-state index in [0.717, 1.165) is 11.3 Å². The second kappa shape index (κ2) is 6.10. The van der Waals surface area contributed by atoms with E-state index in [0.29, 0.717) is 25.1 Å². The molecule has 1 N–H and O–H groups in total. The summed E-state index contributed by atoms with van der Waals surface area (Å²) in [6.07, 6.45) is 3.40. The normalized spacial score (nSPS) is 19.2. The number of aliphatic carboxylic acids is 1. The van der Waals surface area contributed by atoms with Gasteiger partial charge in [0.15, 0.2) is 0 Å². The quantitative estimate of drug-likeness (QED) is 0.863. The molecule has 1 heterocycles. The van der Waals surface area contributed by atoms with Crippen molar-refractivity contribution in [2.24, 2.45) is 5.92 Å². The van der Waals surface area contributed by atoms with Gasteiger partial charge in [-0.3, -0.25) is 9.59 Å². The molecule has 1 unspecified atom stereocenters. The number of hydrogen-bond acceptors (Lipinski definition) is 3. The molecule has 4 nitrogen and oxygen atoms in total. The summed E-state index contributed by atoms with van der Waals surface area (Å²) in [5.74, 6) is -1.31. The molecule has 0 saturated carbocycles. The van der Waals surface area contributed by atoms with Gasteiger partial charge < -0.3 is 10.0 Å². The molecule has 0 radical (unpaired) electrons. The number of likely N-dealkylation sites (tertiary alicyclic amines) is 1. The van der Waals surface area contributed by atoms with Crippen LogP contribution in [0.25, 0.3) is 0 Å². The Kier molecular flexibility index (Phi) is 4.47. The SMILES string of the molecule is CSc1ccc(C(=O)N2CCCC(C(=O)O)C2)cc1. The van der Waals surface area contributed by atoms with E-state index in [1.165, 1.54) is 0 Å². The molecule has 1 saturated heterocycles. The van der Waals surface area contributed by atoms with Crippen LogP contribution in [0.3, 0.4) is 0 Å². The zero-order chi connectivity index (χ0) is 13.8. The largest absolute Gasteiger partial charge is 0.481 e. The average Bonchev–Trinajstić information content (AvgIpc) is 2.46. The Morgan fingerprint density at radius 1 is 1.32 bits per heavy atom. The van der Waals surface area contributed by atoms with Gasteiger partial charge in [-0.05, 0) is 43.4 Å². The highest BCUT2D eigenvalue weighted by atomic mass is 32.2. The second-order valence-electron chi connectivity index (χ2n) is 4.66. The van der Waals surface area contributed by atoms with Crippen LogP contribution in [0, 0.1) is 5.92 Å². The fourth-order valence-electron chi connectivity index (χ4n) is 2.28. The molecule has 2 rings (SSSR count). The van der Waals surface area contributed by atoms with Crippen molar-refractivity contribution >= 4 is 23.6 Å². The first-order valence-corrected chi connectivity index (χ1v) is 7.50. The van der Waals surface area contributed by atoms with E-state index in [-0.39, 0.29) is 5.91 Å². The maximum atomic E-state index is 12.3. The number of piperidine rings is 1. The van der Waals surface area contributed by atoms with Crippen molar-refractivity contribution in [2.45, 2.75) is 17.7 Å². The van der Waals surface area contributed by atoms with Crippen LogP contribution in [-0.2, 0) is 4.79 Å². The van der Waals surface area contributed by atoms with Crippen molar-refractivity contribution < 1.29 is 14.7 Å². The van der Waals surface area contributed by atoms with Crippen LogP contribution in [0.2, 0.25) is 0 Å². The monoisotopic (exact) mass is 279 g/mol. The molecule has 5 heteroatoms. The van der Waals surface area contributed by atoms with E-state index in [4.69, 9.17) is 5.11 Å². The lowest BCUT2D eigenvalue weighted by Crippen LogP contribution is -2.42. The van der Waals surface area contributed by atoms with E-state index in [1.54, 1.807) is 28.8 Å². The summed E-state index contributed by atoms with van der Waals surface area (Å²) in [4.78, 5) is 26.1. The number of carbonyl (C=O) groups excluding carboxylic acids is 1. The molecule has 1 aliphatic heterocycles. The summed E-state index contributed by atoms with van der Waals surface area (Å²) in [6, 6.07) is 7.43. The van der Waals surface area contributed by atoms with Crippen LogP contribution in [0.5, 0.6) is 0 Å². The van der Waals surface area contributed by atoms with Crippen molar-refractivity contribution in [1.82, 2.24) is 4.90 Å². The number of benzene rings is 1. The van der Waals surface area contributed by atoms with Crippen LogP contribution in [0.15, 0.2) is 29.2 Å². The van der Waals surface area contributed by atoms with Gasteiger partial charge in [0.25, 0.3) is 5.91 Å². The smallest absolute Gasteiger partial charge is 0.308 e. The molecular formula is C14H17NO3S. The first-order chi connectivity index (χ1) is 9.11. The minimum absolute atomic E-state index is 0.0707. The van der Waals surface area contributed by atoms with Gasteiger partial charge >= 0.3 is 5.97 Å². The fraction of sp³-hybridized carbons (Fsp3) is 0.429. The van der Waals surface area contributed by atoms with Crippen LogP contribution < -0.4 is 0 Å². The lowest BCUT2D eigenvalue weighted by atomic mass is 9.97. The Bertz CT molecular complexity index is 472. The van der Waals surface area contributed by atoms with Crippen molar-refractivity contribution in [3.8, 4) is 0 Å². The Morgan fingerprint density at radius 3 is 2.58 bits per heavy atom. The Hall–Kier alpha value is -1.49. The molecule has 0 bridgehead atoms. The molecule has 1 aliphatic rings. The third-order valence-corrected chi connectivity index (χ3v) is 4.14. The number of hydrogen-bond donors (Lipinski definition) is 1. The van der Waals surface area contributed by atoms with E-state index in [9.17, 15) is 9.59 Å². The van der Waals surface area contributed by atoms with E-state index in [2.05, 4.69) is 0 Å². The van der Waals surface area contributed by atoms with Gasteiger partial charge in [-0.25, -0.2) is 0 Å². The second-order valence-corrected chi connectivity index (χ2v) is 5.54. The lowest BCUT2D eigenvalue weighted by molar-refractivity contribution is -0.143. The molecular weight excluding hydrogens is 262 g/mol. The van der Waals surface area contributed by atoms with Crippen LogP contribution in [0.1, 0.15) is 23.2 Å². The minimum atomic E-state index is -0.810. The van der Waals surface area contributed by atoms with Crippen LogP contribution in [0.4, 0.5) is 0 Å². The van der Waals surface area contributed by atoms with Crippen molar-refractivity contribution in [3.05, 3.63) is 29.8 Å². The zero-order valence-corrected chi connectivity index (χ0v) is 11.7. The minimum Gasteiger partial charge on any atom is -0.481 e. The predicted octanol–water partition coefficient (Wildman–Crippen LogP) is 2.35. The standard InChI is InChI=1S/C14H17NO3S/c1-19-12-6-4-10(5-7-12)13(16)15-8-2-3-11(9-15)14(17)18/h4-7,11H,2-3,8-9H2,1H3,(H,17,18). The number of rotatable bonds is 3. The first kappa shape index (κ1) is 13.9. The number of amides is 1. The third-order valence-electron chi connectivity index (χ3n) is 3.39. The van der Waals surface area contributed by atoms with Crippen molar-refractivity contribution in [3.63, 3.8) is 0 Å². The maximum absolute atomic E-state index is 12.3. The molecule has 19 heavy (non-hydrogen) atoms. The van der Waals surface area contributed by atoms with E-state index >= 15 is 0 Å². The Morgan fingerprint density at radius 2 is 2.00 bits per heavy atom. The predicted molar refractivity (Wildman–Crippen MR) is 74.5 cm³/mol. The summed E-state index contributed by atoms with van der Waals surface area (Å²) in [7, 11) is 0. The van der Waals surface area contributed by atoms with E-state index < -0.39 is 11.9 Å². The zero-order valence-electron chi connectivity index (χ0n) is 10.8. The number of carboxylic acid groups (broad SMARTS) is 1. The molecule has 1 aromatic carbocycles. The summed E-state index contributed by atoms with van der Waals surface area (Å²) >= 11 is 1.63. The molecule has 0 aromatic heterocycles. The van der Waals surface area contributed by atoms with Gasteiger partial charge in [-0.15, -0.1) is 11.8 Å². The highest BCUT2D eigenvalue weighted by Crippen LogP contribution is 2.20. The van der Waals surface area contributed by atoms with Gasteiger partial charge in [-0.2, -0.15) is 0 Å². The summed E-state index contributed by atoms with van der Waals surface area (Å²) in [5, 5.41) is 9.04. The fourth-order valence-corrected chi connectivity index (χ4v) is 2.69. The molecule has 1 atom stereocenters. The molecule has 1 amide bonds. The van der Waals surface area contributed by atoms with Crippen molar-refractivity contribution in [1.29, 1.82) is 0 Å². The van der Waals surface area contributed by atoms with Gasteiger partial charge in [0.1, 0.15) is 0 Å². The Balaban J connectivity index is 2.07. The molecule has 1 fully saturated rings. The number of nitrogens with zero attached hydrogens (tertiary/aromatic N) is 1. The average molecular weight is 279 g/mol. The Labute approximate surface area is 116 Å². The van der Waals surface area contributed by atoms with E-state index in [1.807, 2.05) is 18.4 Å². The topological polar surface area (TPSA) is 57.6 Å². The molecule has 1 aromatic rings. The lowest BCUT2D eigenvalue weighted by Gasteiger charge is -2.30. The number of thioether (sulfide) groups is 1. The van der Waals surface area contributed by atoms with Gasteiger partial charge in [-0.1, -0.05) is 0 Å². The highest BCUT2D eigenvalue weighted by molar-refractivity contribution is 7.98. The molecule has 102 valence electrons. The third kappa shape index (κ3) is 3.29. The van der Waals surface area contributed by atoms with Crippen molar-refractivity contribution in [2.75, 3.05) is 19.3 Å². The summed E-state index contributed by atoms with van der Waals surface area (Å²) in [5.41, 5.74) is 0.629. The van der Waals surface area contributed by atoms with Gasteiger partial charge in [0.05, 0.1) is 5.92 Å². The van der Waals surface area contributed by atoms with Crippen LogP contribution >= 0.6 is 11.8 Å². The maximum Gasteiger partial charge on any atom is 0.308 e. The summed E-state index contributed by atoms with van der Waals surface area (Å²) in [6.45, 7) is 0.964. The molecule has 0 aliphatic carbocycles. The van der Waals surface area contributed by atoms with Crippen LogP contribution in [-0.4, -0.2) is 41.2 Å². The number of carbonyl (C=O) groups is 2. The highest BCUT2D eigenvalue weighted by Gasteiger charge is 2.28.